The first-order valence-electron chi connectivity index (χ1n) is 8.89. The van der Waals surface area contributed by atoms with Crippen molar-refractivity contribution in [3.63, 3.8) is 0 Å². The van der Waals surface area contributed by atoms with E-state index < -0.39 is 5.97 Å². The fourth-order valence-electron chi connectivity index (χ4n) is 4.27. The second-order valence-corrected chi connectivity index (χ2v) is 6.95. The predicted octanol–water partition coefficient (Wildman–Crippen LogP) is 3.97. The maximum Gasteiger partial charge on any atom is 0.336 e. The highest BCUT2D eigenvalue weighted by Crippen LogP contribution is 2.37. The first-order valence-corrected chi connectivity index (χ1v) is 8.89. The van der Waals surface area contributed by atoms with Crippen LogP contribution in [-0.2, 0) is 25.7 Å². The van der Waals surface area contributed by atoms with Crippen molar-refractivity contribution in [3.8, 4) is 11.4 Å². The lowest BCUT2D eigenvalue weighted by molar-refractivity contribution is 0.0698. The zero-order valence-corrected chi connectivity index (χ0v) is 13.9. The van der Waals surface area contributed by atoms with Gasteiger partial charge >= 0.3 is 5.97 Å². The number of carbonyl (C=O) groups is 1. The highest BCUT2D eigenvalue weighted by atomic mass is 16.4. The van der Waals surface area contributed by atoms with Crippen molar-refractivity contribution in [2.75, 3.05) is 0 Å². The summed E-state index contributed by atoms with van der Waals surface area (Å²) < 4.78 is 0. The van der Waals surface area contributed by atoms with E-state index in [1.165, 1.54) is 29.7 Å². The maximum atomic E-state index is 12.0. The summed E-state index contributed by atoms with van der Waals surface area (Å²) in [5.41, 5.74) is 7.38. The van der Waals surface area contributed by atoms with Gasteiger partial charge in [0.1, 0.15) is 0 Å². The Morgan fingerprint density at radius 2 is 1.76 bits per heavy atom. The summed E-state index contributed by atoms with van der Waals surface area (Å²) in [7, 11) is 0. The molecule has 2 aliphatic carbocycles. The number of aryl methyl sites for hydroxylation is 3. The Morgan fingerprint density at radius 3 is 2.64 bits per heavy atom. The number of pyridine rings is 2. The van der Waals surface area contributed by atoms with Crippen LogP contribution >= 0.6 is 0 Å². The third-order valence-corrected chi connectivity index (χ3v) is 5.46. The molecule has 5 rings (SSSR count). The first-order chi connectivity index (χ1) is 12.2. The lowest BCUT2D eigenvalue weighted by Crippen LogP contribution is -2.16. The van der Waals surface area contributed by atoms with Crippen molar-refractivity contribution >= 4 is 16.9 Å². The molecule has 0 aliphatic heterocycles. The van der Waals surface area contributed by atoms with Crippen LogP contribution in [0.25, 0.3) is 22.3 Å². The maximum absolute atomic E-state index is 12.0. The van der Waals surface area contributed by atoms with E-state index in [4.69, 9.17) is 9.97 Å². The largest absolute Gasteiger partial charge is 0.478 e. The fraction of sp³-hybridized carbons (Fsp3) is 0.286. The zero-order valence-electron chi connectivity index (χ0n) is 13.9. The van der Waals surface area contributed by atoms with E-state index >= 15 is 0 Å². The number of carboxylic acids is 1. The molecule has 0 saturated heterocycles. The number of para-hydroxylation sites is 1. The molecule has 2 aliphatic rings. The number of hydrogen-bond donors (Lipinski definition) is 1. The quantitative estimate of drug-likeness (QED) is 0.733. The summed E-state index contributed by atoms with van der Waals surface area (Å²) in [4.78, 5) is 21.8. The van der Waals surface area contributed by atoms with Gasteiger partial charge < -0.3 is 5.11 Å². The van der Waals surface area contributed by atoms with E-state index in [0.717, 1.165) is 47.1 Å². The monoisotopic (exact) mass is 330 g/mol. The number of nitrogens with zero attached hydrogens (tertiary/aromatic N) is 2. The first kappa shape index (κ1) is 14.6. The molecule has 0 fully saturated rings. The van der Waals surface area contributed by atoms with Crippen LogP contribution in [0.2, 0.25) is 0 Å². The SMILES string of the molecule is O=C(O)c1c2c(nc3ccccc13)-c1nc3c(cc1CC2)CCCC3. The zero-order chi connectivity index (χ0) is 17.0. The number of hydrogen-bond acceptors (Lipinski definition) is 3. The Kier molecular flexibility index (Phi) is 3.14. The van der Waals surface area contributed by atoms with Gasteiger partial charge in [0.25, 0.3) is 0 Å². The van der Waals surface area contributed by atoms with Crippen LogP contribution in [0.1, 0.15) is 45.6 Å². The minimum atomic E-state index is -0.878. The van der Waals surface area contributed by atoms with E-state index in [1.54, 1.807) is 0 Å². The molecular weight excluding hydrogens is 312 g/mol. The minimum Gasteiger partial charge on any atom is -0.478 e. The second-order valence-electron chi connectivity index (χ2n) is 6.95. The van der Waals surface area contributed by atoms with E-state index in [-0.39, 0.29) is 0 Å². The molecule has 0 amide bonds. The molecule has 0 bridgehead atoms. The number of aromatic nitrogens is 2. The van der Waals surface area contributed by atoms with Gasteiger partial charge in [0, 0.05) is 11.1 Å². The molecule has 4 nitrogen and oxygen atoms in total. The topological polar surface area (TPSA) is 63.1 Å². The number of aromatic carboxylic acids is 1. The van der Waals surface area contributed by atoms with Gasteiger partial charge in [0.15, 0.2) is 0 Å². The fourth-order valence-corrected chi connectivity index (χ4v) is 4.27. The smallest absolute Gasteiger partial charge is 0.336 e. The van der Waals surface area contributed by atoms with Crippen molar-refractivity contribution in [2.45, 2.75) is 38.5 Å². The summed E-state index contributed by atoms with van der Waals surface area (Å²) in [6.07, 6.45) is 6.07. The van der Waals surface area contributed by atoms with E-state index in [2.05, 4.69) is 6.07 Å². The molecule has 2 aromatic heterocycles. The van der Waals surface area contributed by atoms with Gasteiger partial charge in [0.2, 0.25) is 0 Å². The highest BCUT2D eigenvalue weighted by molar-refractivity contribution is 6.05. The number of fused-ring (bicyclic) bond motifs is 5. The van der Waals surface area contributed by atoms with Crippen molar-refractivity contribution in [3.05, 3.63) is 58.3 Å². The highest BCUT2D eigenvalue weighted by Gasteiger charge is 2.27. The summed E-state index contributed by atoms with van der Waals surface area (Å²) in [5.74, 6) is -0.878. The summed E-state index contributed by atoms with van der Waals surface area (Å²) >= 11 is 0. The standard InChI is InChI=1S/C21H18N2O2/c24-21(25)18-14-6-2-4-8-17(14)23-20-15(18)10-9-13-11-12-5-1-3-7-16(12)22-19(13)20/h2,4,6,8,11H,1,3,5,7,9-10H2,(H,24,25). The Balaban J connectivity index is 1.83. The molecular formula is C21H18N2O2. The third kappa shape index (κ3) is 2.17. The van der Waals surface area contributed by atoms with Gasteiger partial charge in [-0.2, -0.15) is 0 Å². The van der Waals surface area contributed by atoms with Gasteiger partial charge in [-0.1, -0.05) is 24.3 Å². The molecule has 0 atom stereocenters. The van der Waals surface area contributed by atoms with Crippen molar-refractivity contribution < 1.29 is 9.90 Å². The molecule has 3 aromatic rings. The summed E-state index contributed by atoms with van der Waals surface area (Å²) in [5, 5.41) is 10.5. The van der Waals surface area contributed by atoms with Crippen LogP contribution in [0.3, 0.4) is 0 Å². The van der Waals surface area contributed by atoms with Crippen LogP contribution in [0.5, 0.6) is 0 Å². The van der Waals surface area contributed by atoms with Crippen molar-refractivity contribution in [1.82, 2.24) is 9.97 Å². The second kappa shape index (κ2) is 5.38. The molecule has 1 N–H and O–H groups in total. The minimum absolute atomic E-state index is 0.394. The van der Waals surface area contributed by atoms with E-state index in [9.17, 15) is 9.90 Å². The number of rotatable bonds is 1. The molecule has 0 saturated carbocycles. The Bertz CT molecular complexity index is 1040. The number of carboxylic acid groups (broad SMARTS) is 1. The molecule has 0 unspecified atom stereocenters. The lowest BCUT2D eigenvalue weighted by Gasteiger charge is -2.24. The van der Waals surface area contributed by atoms with Crippen LogP contribution in [0, 0.1) is 0 Å². The van der Waals surface area contributed by atoms with Gasteiger partial charge in [0.05, 0.1) is 22.5 Å². The van der Waals surface area contributed by atoms with E-state index in [1.807, 2.05) is 24.3 Å². The summed E-state index contributed by atoms with van der Waals surface area (Å²) in [6, 6.07) is 9.79. The molecule has 124 valence electrons. The van der Waals surface area contributed by atoms with Crippen LogP contribution in [0.4, 0.5) is 0 Å². The third-order valence-electron chi connectivity index (χ3n) is 5.46. The van der Waals surface area contributed by atoms with Gasteiger partial charge in [-0.05, 0) is 61.3 Å². The van der Waals surface area contributed by atoms with Gasteiger partial charge in [-0.3, -0.25) is 4.98 Å². The summed E-state index contributed by atoms with van der Waals surface area (Å²) in [6.45, 7) is 0. The lowest BCUT2D eigenvalue weighted by atomic mass is 9.85. The number of benzene rings is 1. The van der Waals surface area contributed by atoms with Gasteiger partial charge in [-0.25, -0.2) is 9.78 Å². The Labute approximate surface area is 145 Å². The Hall–Kier alpha value is -2.75. The van der Waals surface area contributed by atoms with Crippen LogP contribution in [-0.4, -0.2) is 21.0 Å². The molecule has 2 heterocycles. The molecule has 1 aromatic carbocycles. The van der Waals surface area contributed by atoms with E-state index in [0.29, 0.717) is 12.0 Å². The van der Waals surface area contributed by atoms with Crippen LogP contribution in [0.15, 0.2) is 30.3 Å². The normalized spacial score (nSPS) is 15.4. The average molecular weight is 330 g/mol. The van der Waals surface area contributed by atoms with Gasteiger partial charge in [-0.15, -0.1) is 0 Å². The molecule has 4 heteroatoms. The van der Waals surface area contributed by atoms with Crippen molar-refractivity contribution in [2.24, 2.45) is 0 Å². The van der Waals surface area contributed by atoms with Crippen LogP contribution < -0.4 is 0 Å². The average Bonchev–Trinajstić information content (AvgIpc) is 2.64. The molecule has 0 radical (unpaired) electrons. The predicted molar refractivity (Wildman–Crippen MR) is 96.0 cm³/mol. The molecule has 25 heavy (non-hydrogen) atoms. The molecule has 0 spiro atoms. The van der Waals surface area contributed by atoms with Crippen molar-refractivity contribution in [1.29, 1.82) is 0 Å². The Morgan fingerprint density at radius 1 is 0.920 bits per heavy atom.